The van der Waals surface area contributed by atoms with Crippen molar-refractivity contribution in [2.45, 2.75) is 24.8 Å². The van der Waals surface area contributed by atoms with Gasteiger partial charge in [0.2, 0.25) is 5.95 Å². The van der Waals surface area contributed by atoms with Crippen molar-refractivity contribution >= 4 is 29.1 Å². The molecule has 1 fully saturated rings. The van der Waals surface area contributed by atoms with Crippen molar-refractivity contribution in [2.24, 2.45) is 0 Å². The van der Waals surface area contributed by atoms with Gasteiger partial charge >= 0.3 is 12.3 Å². The molecule has 0 saturated heterocycles. The third-order valence-electron chi connectivity index (χ3n) is 3.51. The Bertz CT molecular complexity index is 732. The Balaban J connectivity index is 1.60. The summed E-state index contributed by atoms with van der Waals surface area (Å²) in [5.41, 5.74) is 3.36. The maximum absolute atomic E-state index is 12.0. The van der Waals surface area contributed by atoms with Gasteiger partial charge in [0.25, 0.3) is 5.91 Å². The third kappa shape index (κ3) is 3.48. The predicted molar refractivity (Wildman–Crippen MR) is 82.5 cm³/mol. The maximum atomic E-state index is 12.0. The number of halogens is 2. The molecule has 0 unspecified atom stereocenters. The molecule has 3 rings (SSSR count). The minimum Gasteiger partial charge on any atom is -0.344 e. The van der Waals surface area contributed by atoms with Crippen molar-refractivity contribution in [3.05, 3.63) is 40.3 Å². The van der Waals surface area contributed by atoms with Crippen molar-refractivity contribution in [2.75, 3.05) is 5.32 Å². The number of aromatic nitrogens is 2. The summed E-state index contributed by atoms with van der Waals surface area (Å²) in [5.74, 6) is -2.00. The van der Waals surface area contributed by atoms with Gasteiger partial charge in [0.15, 0.2) is 0 Å². The predicted octanol–water partition coefficient (Wildman–Crippen LogP) is 1.67. The number of amides is 2. The molecule has 2 heterocycles. The van der Waals surface area contributed by atoms with E-state index in [0.29, 0.717) is 5.95 Å². The van der Waals surface area contributed by atoms with Crippen molar-refractivity contribution in [1.29, 1.82) is 0 Å². The molecule has 2 aromatic heterocycles. The average molecular weight is 353 g/mol. The van der Waals surface area contributed by atoms with Crippen LogP contribution in [0.25, 0.3) is 0 Å². The van der Waals surface area contributed by atoms with Crippen molar-refractivity contribution < 1.29 is 18.4 Å². The molecule has 10 heteroatoms. The van der Waals surface area contributed by atoms with E-state index in [1.54, 1.807) is 16.8 Å². The molecule has 1 aliphatic carbocycles. The first-order chi connectivity index (χ1) is 11.5. The van der Waals surface area contributed by atoms with Crippen LogP contribution in [-0.2, 0) is 10.3 Å². The highest BCUT2D eigenvalue weighted by Crippen LogP contribution is 2.49. The van der Waals surface area contributed by atoms with Crippen LogP contribution in [0.1, 0.15) is 28.1 Å². The first-order valence-corrected chi connectivity index (χ1v) is 7.91. The Morgan fingerprint density at radius 1 is 1.21 bits per heavy atom. The number of thiophene rings is 1. The van der Waals surface area contributed by atoms with Gasteiger partial charge in [-0.2, -0.15) is 8.78 Å². The van der Waals surface area contributed by atoms with E-state index in [9.17, 15) is 18.4 Å². The smallest absolute Gasteiger partial charge is 0.317 e. The molecule has 2 aromatic rings. The Kier molecular flexibility index (Phi) is 4.38. The number of rotatable bonds is 5. The summed E-state index contributed by atoms with van der Waals surface area (Å²) >= 11 is 1.65. The fourth-order valence-corrected chi connectivity index (χ4v) is 3.02. The van der Waals surface area contributed by atoms with Crippen LogP contribution in [0.5, 0.6) is 0 Å². The number of nitrogens with zero attached hydrogens (tertiary/aromatic N) is 2. The SMILES string of the molecule is O=C(NNC(=O)C(F)F)c1cnc(NC2(c3cccs3)CC2)nc1. The molecular weight excluding hydrogens is 340 g/mol. The number of carbonyl (C=O) groups excluding carboxylic acids is 2. The summed E-state index contributed by atoms with van der Waals surface area (Å²) in [7, 11) is 0. The number of anilines is 1. The van der Waals surface area contributed by atoms with Gasteiger partial charge in [-0.15, -0.1) is 11.3 Å². The lowest BCUT2D eigenvalue weighted by atomic mass is 10.2. The maximum Gasteiger partial charge on any atom is 0.317 e. The summed E-state index contributed by atoms with van der Waals surface area (Å²) in [4.78, 5) is 31.7. The number of alkyl halides is 2. The molecule has 1 aliphatic rings. The van der Waals surface area contributed by atoms with Crippen LogP contribution in [-0.4, -0.2) is 28.2 Å². The average Bonchev–Trinajstić information content (AvgIpc) is 3.13. The topological polar surface area (TPSA) is 96.0 Å². The zero-order valence-electron chi connectivity index (χ0n) is 12.3. The van der Waals surface area contributed by atoms with Gasteiger partial charge in [-0.3, -0.25) is 20.4 Å². The third-order valence-corrected chi connectivity index (χ3v) is 4.58. The Hall–Kier alpha value is -2.62. The van der Waals surface area contributed by atoms with Gasteiger partial charge in [0.05, 0.1) is 11.1 Å². The van der Waals surface area contributed by atoms with E-state index < -0.39 is 18.2 Å². The van der Waals surface area contributed by atoms with Crippen LogP contribution in [0.2, 0.25) is 0 Å². The quantitative estimate of drug-likeness (QED) is 0.711. The number of hydrogen-bond donors (Lipinski definition) is 3. The molecule has 126 valence electrons. The van der Waals surface area contributed by atoms with Gasteiger partial charge < -0.3 is 5.32 Å². The molecule has 0 aliphatic heterocycles. The van der Waals surface area contributed by atoms with Crippen LogP contribution in [0.4, 0.5) is 14.7 Å². The van der Waals surface area contributed by atoms with E-state index in [0.717, 1.165) is 12.8 Å². The summed E-state index contributed by atoms with van der Waals surface area (Å²) in [6, 6.07) is 4.02. The second-order valence-corrected chi connectivity index (χ2v) is 6.17. The fraction of sp³-hybridized carbons (Fsp3) is 0.286. The summed E-state index contributed by atoms with van der Waals surface area (Å²) < 4.78 is 24.0. The normalized spacial score (nSPS) is 15.0. The van der Waals surface area contributed by atoms with E-state index in [-0.39, 0.29) is 11.1 Å². The highest BCUT2D eigenvalue weighted by Gasteiger charge is 2.45. The second-order valence-electron chi connectivity index (χ2n) is 5.22. The van der Waals surface area contributed by atoms with Gasteiger partial charge in [-0.1, -0.05) is 6.07 Å². The molecule has 24 heavy (non-hydrogen) atoms. The molecule has 0 radical (unpaired) electrons. The van der Waals surface area contributed by atoms with E-state index in [4.69, 9.17) is 0 Å². The second kappa shape index (κ2) is 6.48. The van der Waals surface area contributed by atoms with Gasteiger partial charge in [-0.25, -0.2) is 9.97 Å². The van der Waals surface area contributed by atoms with Crippen LogP contribution in [0.15, 0.2) is 29.9 Å². The molecule has 1 saturated carbocycles. The molecular formula is C14H13F2N5O2S. The highest BCUT2D eigenvalue weighted by molar-refractivity contribution is 7.10. The van der Waals surface area contributed by atoms with Gasteiger partial charge in [0, 0.05) is 17.3 Å². The van der Waals surface area contributed by atoms with Crippen molar-refractivity contribution in [1.82, 2.24) is 20.8 Å². The fourth-order valence-electron chi connectivity index (χ4n) is 2.08. The minimum absolute atomic E-state index is 0.0380. The Labute approximate surface area is 139 Å². The lowest BCUT2D eigenvalue weighted by Crippen LogP contribution is -2.44. The standard InChI is InChI=1S/C14H13F2N5O2S/c15-10(16)12(23)21-20-11(22)8-6-17-13(18-7-8)19-14(3-4-14)9-2-1-5-24-9/h1-2,5-7,10H,3-4H2,(H,20,22)(H,21,23)(H,17,18,19). The van der Waals surface area contributed by atoms with E-state index in [1.165, 1.54) is 17.3 Å². The molecule has 0 atom stereocenters. The molecule has 7 nitrogen and oxygen atoms in total. The van der Waals surface area contributed by atoms with Crippen LogP contribution in [0.3, 0.4) is 0 Å². The lowest BCUT2D eigenvalue weighted by Gasteiger charge is -2.15. The monoisotopic (exact) mass is 353 g/mol. The molecule has 0 aromatic carbocycles. The van der Waals surface area contributed by atoms with E-state index >= 15 is 0 Å². The zero-order valence-corrected chi connectivity index (χ0v) is 13.1. The van der Waals surface area contributed by atoms with E-state index in [1.807, 2.05) is 22.9 Å². The number of hydrazine groups is 1. The van der Waals surface area contributed by atoms with E-state index in [2.05, 4.69) is 15.3 Å². The molecule has 2 amide bonds. The van der Waals surface area contributed by atoms with Gasteiger partial charge in [-0.05, 0) is 24.3 Å². The molecule has 3 N–H and O–H groups in total. The first-order valence-electron chi connectivity index (χ1n) is 7.03. The number of carbonyl (C=O) groups is 2. The van der Waals surface area contributed by atoms with Crippen LogP contribution in [0, 0.1) is 0 Å². The number of hydrogen-bond acceptors (Lipinski definition) is 6. The summed E-state index contributed by atoms with van der Waals surface area (Å²) in [5, 5.41) is 5.25. The Morgan fingerprint density at radius 3 is 2.46 bits per heavy atom. The first kappa shape index (κ1) is 16.2. The summed E-state index contributed by atoms with van der Waals surface area (Å²) in [6.45, 7) is 0. The van der Waals surface area contributed by atoms with Crippen molar-refractivity contribution in [3.63, 3.8) is 0 Å². The molecule has 0 bridgehead atoms. The van der Waals surface area contributed by atoms with Crippen LogP contribution < -0.4 is 16.2 Å². The van der Waals surface area contributed by atoms with Crippen LogP contribution >= 0.6 is 11.3 Å². The van der Waals surface area contributed by atoms with Gasteiger partial charge in [0.1, 0.15) is 0 Å². The zero-order chi connectivity index (χ0) is 17.2. The largest absolute Gasteiger partial charge is 0.344 e. The van der Waals surface area contributed by atoms with Crippen molar-refractivity contribution in [3.8, 4) is 0 Å². The summed E-state index contributed by atoms with van der Waals surface area (Å²) in [6.07, 6.45) is 1.24. The Morgan fingerprint density at radius 2 is 1.92 bits per heavy atom. The molecule has 0 spiro atoms. The number of nitrogens with one attached hydrogen (secondary N) is 3. The minimum atomic E-state index is -3.21. The lowest BCUT2D eigenvalue weighted by molar-refractivity contribution is -0.132. The highest BCUT2D eigenvalue weighted by atomic mass is 32.1.